The Morgan fingerprint density at radius 3 is 2.52 bits per heavy atom. The van der Waals surface area contributed by atoms with Crippen LogP contribution >= 0.6 is 23.5 Å². The van der Waals surface area contributed by atoms with Crippen molar-refractivity contribution in [3.63, 3.8) is 0 Å². The molecule has 3 rings (SSSR count). The van der Waals surface area contributed by atoms with E-state index < -0.39 is 47.5 Å². The summed E-state index contributed by atoms with van der Waals surface area (Å²) in [4.78, 5) is 47.9. The standard InChI is InChI=1S/C13H18N5O12P3/c1-3-13(19)4-12(2,5-27-32(23,24)30-33(25,26)29-31(20,21)22)28-11(13)18-7-17-8-9(14)15-6-16-10(8)18/h1,6-7,11,19H,4-5H2,2H3,(H,23,24)(H,25,26)(H2,14,15,16)(H2,20,21,22)/t11-,12+,13-/m1/s1. The number of anilines is 1. The molecule has 33 heavy (non-hydrogen) atoms. The van der Waals surface area contributed by atoms with Crippen molar-refractivity contribution in [3.8, 4) is 12.3 Å². The monoisotopic (exact) mass is 529 g/mol. The lowest BCUT2D eigenvalue weighted by Crippen LogP contribution is -2.35. The average molecular weight is 529 g/mol. The molecular weight excluding hydrogens is 511 g/mol. The first-order valence-corrected chi connectivity index (χ1v) is 13.1. The van der Waals surface area contributed by atoms with Crippen molar-refractivity contribution in [3.05, 3.63) is 12.7 Å². The number of nitrogen functional groups attached to an aromatic ring is 1. The molecule has 1 aliphatic heterocycles. The summed E-state index contributed by atoms with van der Waals surface area (Å²) in [6.45, 7) is 0.503. The first-order chi connectivity index (χ1) is 15.0. The normalized spacial score (nSPS) is 29.4. The zero-order chi connectivity index (χ0) is 24.9. The SMILES string of the molecule is C#C[C@@]1(O)C[C@@](C)(COP(=O)(O)OP(=O)(O)OP(=O)(O)O)O[C@H]1n1cnc2c(N)ncnc21. The molecule has 1 fully saturated rings. The van der Waals surface area contributed by atoms with Gasteiger partial charge in [0.05, 0.1) is 18.5 Å². The minimum Gasteiger partial charge on any atom is -0.382 e. The lowest BCUT2D eigenvalue weighted by molar-refractivity contribution is -0.107. The number of rotatable bonds is 8. The second-order valence-electron chi connectivity index (χ2n) is 7.11. The minimum atomic E-state index is -5.70. The van der Waals surface area contributed by atoms with Gasteiger partial charge in [-0.1, -0.05) is 5.92 Å². The van der Waals surface area contributed by atoms with E-state index >= 15 is 0 Å². The Bertz CT molecular complexity index is 1260. The lowest BCUT2D eigenvalue weighted by Gasteiger charge is -2.25. The van der Waals surface area contributed by atoms with Crippen LogP contribution in [0, 0.1) is 12.3 Å². The molecule has 17 nitrogen and oxygen atoms in total. The number of aromatic nitrogens is 4. The number of hydrogen-bond acceptors (Lipinski definition) is 12. The lowest BCUT2D eigenvalue weighted by atomic mass is 9.92. The fourth-order valence-corrected chi connectivity index (χ4v) is 6.25. The number of fused-ring (bicyclic) bond motifs is 1. The molecule has 1 saturated heterocycles. The van der Waals surface area contributed by atoms with Gasteiger partial charge in [-0.05, 0) is 6.92 Å². The van der Waals surface area contributed by atoms with Gasteiger partial charge in [-0.2, -0.15) is 8.62 Å². The van der Waals surface area contributed by atoms with Crippen LogP contribution in [0.2, 0.25) is 0 Å². The van der Waals surface area contributed by atoms with Crippen LogP contribution < -0.4 is 5.73 Å². The van der Waals surface area contributed by atoms with E-state index in [1.807, 2.05) is 0 Å². The van der Waals surface area contributed by atoms with Gasteiger partial charge in [0.25, 0.3) is 0 Å². The minimum absolute atomic E-state index is 0.0522. The number of terminal acetylenes is 1. The van der Waals surface area contributed by atoms with Crippen LogP contribution in [-0.4, -0.2) is 62.0 Å². The highest BCUT2D eigenvalue weighted by Gasteiger charge is 2.55. The fourth-order valence-electron chi connectivity index (χ4n) is 3.12. The van der Waals surface area contributed by atoms with E-state index in [1.165, 1.54) is 17.8 Å². The van der Waals surface area contributed by atoms with Crippen LogP contribution in [0.3, 0.4) is 0 Å². The van der Waals surface area contributed by atoms with Crippen LogP contribution in [0.25, 0.3) is 11.2 Å². The molecule has 0 amide bonds. The highest BCUT2D eigenvalue weighted by Crippen LogP contribution is 2.66. The number of nitrogens with two attached hydrogens (primary N) is 1. The van der Waals surface area contributed by atoms with Gasteiger partial charge in [-0.3, -0.25) is 9.09 Å². The topological polar surface area (TPSA) is 259 Å². The fraction of sp³-hybridized carbons (Fsp3) is 0.462. The van der Waals surface area contributed by atoms with Crippen LogP contribution in [0.4, 0.5) is 5.82 Å². The Kier molecular flexibility index (Phi) is 6.64. The van der Waals surface area contributed by atoms with E-state index in [9.17, 15) is 28.6 Å². The third kappa shape index (κ3) is 5.84. The van der Waals surface area contributed by atoms with Crippen LogP contribution in [-0.2, 0) is 31.6 Å². The molecule has 20 heteroatoms. The third-order valence-corrected chi connectivity index (χ3v) is 8.07. The maximum absolute atomic E-state index is 12.0. The van der Waals surface area contributed by atoms with E-state index in [4.69, 9.17) is 26.7 Å². The van der Waals surface area contributed by atoms with Crippen LogP contribution in [0.1, 0.15) is 19.6 Å². The highest BCUT2D eigenvalue weighted by atomic mass is 31.3. The van der Waals surface area contributed by atoms with E-state index in [1.54, 1.807) is 0 Å². The number of aliphatic hydroxyl groups is 1. The molecule has 2 aromatic heterocycles. The van der Waals surface area contributed by atoms with Crippen molar-refractivity contribution in [2.75, 3.05) is 12.3 Å². The maximum Gasteiger partial charge on any atom is 0.490 e. The van der Waals surface area contributed by atoms with Crippen molar-refractivity contribution < 1.29 is 56.3 Å². The molecule has 0 aromatic carbocycles. The number of hydrogen-bond donors (Lipinski definition) is 6. The Balaban J connectivity index is 1.80. The second-order valence-corrected chi connectivity index (χ2v) is 11.5. The first kappa shape index (κ1) is 25.9. The number of nitrogens with zero attached hydrogens (tertiary/aromatic N) is 4. The van der Waals surface area contributed by atoms with Gasteiger partial charge in [0.1, 0.15) is 11.8 Å². The van der Waals surface area contributed by atoms with Crippen molar-refractivity contribution in [2.45, 2.75) is 30.8 Å². The maximum atomic E-state index is 12.0. The summed E-state index contributed by atoms with van der Waals surface area (Å²) in [7, 11) is -16.7. The van der Waals surface area contributed by atoms with Crippen LogP contribution in [0.15, 0.2) is 12.7 Å². The summed E-state index contributed by atoms with van der Waals surface area (Å²) in [5.41, 5.74) is 2.53. The largest absolute Gasteiger partial charge is 0.490 e. The van der Waals surface area contributed by atoms with E-state index in [0.29, 0.717) is 0 Å². The van der Waals surface area contributed by atoms with E-state index in [-0.39, 0.29) is 23.4 Å². The molecule has 2 aromatic rings. The molecule has 182 valence electrons. The van der Waals surface area contributed by atoms with Gasteiger partial charge in [0, 0.05) is 6.42 Å². The Morgan fingerprint density at radius 2 is 1.91 bits per heavy atom. The molecule has 0 bridgehead atoms. The second kappa shape index (κ2) is 8.47. The molecule has 0 aliphatic carbocycles. The Hall–Kier alpha value is -1.76. The van der Waals surface area contributed by atoms with Gasteiger partial charge in [0.2, 0.25) is 0 Å². The highest BCUT2D eigenvalue weighted by molar-refractivity contribution is 7.66. The summed E-state index contributed by atoms with van der Waals surface area (Å²) >= 11 is 0. The van der Waals surface area contributed by atoms with Gasteiger partial charge in [0.15, 0.2) is 23.3 Å². The van der Waals surface area contributed by atoms with E-state index in [2.05, 4.69) is 34.0 Å². The Morgan fingerprint density at radius 1 is 1.24 bits per heavy atom. The zero-order valence-electron chi connectivity index (χ0n) is 16.5. The molecule has 3 heterocycles. The number of phosphoric acid groups is 3. The van der Waals surface area contributed by atoms with Gasteiger partial charge >= 0.3 is 23.5 Å². The molecule has 5 atom stereocenters. The molecular formula is C13H18N5O12P3. The molecule has 7 N–H and O–H groups in total. The molecule has 1 aliphatic rings. The predicted molar refractivity (Wildman–Crippen MR) is 106 cm³/mol. The Labute approximate surface area is 185 Å². The van der Waals surface area contributed by atoms with Crippen molar-refractivity contribution in [1.82, 2.24) is 19.5 Å². The summed E-state index contributed by atoms with van der Waals surface area (Å²) in [6, 6.07) is 0. The quantitative estimate of drug-likeness (QED) is 0.191. The smallest absolute Gasteiger partial charge is 0.382 e. The van der Waals surface area contributed by atoms with Crippen molar-refractivity contribution >= 4 is 40.4 Å². The molecule has 0 radical (unpaired) electrons. The molecule has 2 unspecified atom stereocenters. The molecule has 0 saturated carbocycles. The third-order valence-electron chi connectivity index (χ3n) is 4.29. The number of phosphoric ester groups is 1. The zero-order valence-corrected chi connectivity index (χ0v) is 19.2. The predicted octanol–water partition coefficient (Wildman–Crippen LogP) is -0.206. The summed E-state index contributed by atoms with van der Waals surface area (Å²) in [6.07, 6.45) is 6.18. The van der Waals surface area contributed by atoms with E-state index in [0.717, 1.165) is 6.33 Å². The van der Waals surface area contributed by atoms with Gasteiger partial charge < -0.3 is 35.2 Å². The number of ether oxygens (including phenoxy) is 1. The number of imidazole rings is 1. The average Bonchev–Trinajstić information content (AvgIpc) is 3.17. The summed E-state index contributed by atoms with van der Waals surface area (Å²) in [5.74, 6) is 2.22. The van der Waals surface area contributed by atoms with Crippen molar-refractivity contribution in [1.29, 1.82) is 0 Å². The first-order valence-electron chi connectivity index (χ1n) is 8.57. The summed E-state index contributed by atoms with van der Waals surface area (Å²) < 4.78 is 53.1. The van der Waals surface area contributed by atoms with Gasteiger partial charge in [-0.25, -0.2) is 28.6 Å². The van der Waals surface area contributed by atoms with Crippen molar-refractivity contribution in [2.24, 2.45) is 0 Å². The van der Waals surface area contributed by atoms with Crippen LogP contribution in [0.5, 0.6) is 0 Å². The van der Waals surface area contributed by atoms with Gasteiger partial charge in [-0.15, -0.1) is 6.42 Å². The molecule has 0 spiro atoms. The summed E-state index contributed by atoms with van der Waals surface area (Å²) in [5, 5.41) is 10.9.